The van der Waals surface area contributed by atoms with Crippen LogP contribution in [0.1, 0.15) is 64.0 Å². The third kappa shape index (κ3) is 3.69. The lowest BCUT2D eigenvalue weighted by atomic mass is 10.0. The van der Waals surface area contributed by atoms with Gasteiger partial charge in [-0.2, -0.15) is 4.98 Å². The number of ketones is 1. The normalized spacial score (nSPS) is 16.2. The number of amides is 1. The average Bonchev–Trinajstić information content (AvgIpc) is 3.11. The second-order valence-corrected chi connectivity index (χ2v) is 9.11. The lowest BCUT2D eigenvalue weighted by molar-refractivity contribution is -0.133. The largest absolute Gasteiger partial charge is 0.478 e. The Hall–Kier alpha value is -2.81. The lowest BCUT2D eigenvalue weighted by Gasteiger charge is -2.08. The maximum Gasteiger partial charge on any atom is 0.331 e. The standard InChI is InChI=1S/C21H23N3O5S/c1-10-16(19-22-18(23-29-19)11-7-8-11)15(30-17(10)20(26)24(2)3)9-14(25)12-5-4-6-13(12)21(27)28/h11H,4-9H2,1-3H3,(H,27,28). The molecule has 2 aromatic rings. The van der Waals surface area contributed by atoms with Crippen LogP contribution in [-0.2, 0) is 16.0 Å². The number of carboxylic acid groups (broad SMARTS) is 1. The van der Waals surface area contributed by atoms with Crippen LogP contribution in [0.4, 0.5) is 0 Å². The van der Waals surface area contributed by atoms with Crippen LogP contribution in [0.5, 0.6) is 0 Å². The number of carbonyl (C=O) groups excluding carboxylic acids is 2. The fourth-order valence-corrected chi connectivity index (χ4v) is 5.09. The molecule has 30 heavy (non-hydrogen) atoms. The van der Waals surface area contributed by atoms with Gasteiger partial charge in [0, 0.05) is 42.5 Å². The molecular formula is C21H23N3O5S. The summed E-state index contributed by atoms with van der Waals surface area (Å²) in [6.07, 6.45) is 3.61. The predicted octanol–water partition coefficient (Wildman–Crippen LogP) is 3.36. The van der Waals surface area contributed by atoms with Crippen molar-refractivity contribution in [2.24, 2.45) is 0 Å². The molecule has 1 N–H and O–H groups in total. The highest BCUT2D eigenvalue weighted by Crippen LogP contribution is 2.42. The van der Waals surface area contributed by atoms with Crippen LogP contribution >= 0.6 is 11.3 Å². The smallest absolute Gasteiger partial charge is 0.331 e. The summed E-state index contributed by atoms with van der Waals surface area (Å²) in [6.45, 7) is 1.81. The van der Waals surface area contributed by atoms with Crippen molar-refractivity contribution in [3.8, 4) is 11.5 Å². The Bertz CT molecular complexity index is 1070. The topological polar surface area (TPSA) is 114 Å². The van der Waals surface area contributed by atoms with Gasteiger partial charge in [0.05, 0.1) is 10.4 Å². The molecule has 0 unspecified atom stereocenters. The van der Waals surface area contributed by atoms with Crippen LogP contribution in [0.2, 0.25) is 0 Å². The van der Waals surface area contributed by atoms with Crippen LogP contribution < -0.4 is 0 Å². The van der Waals surface area contributed by atoms with Crippen LogP contribution in [0.25, 0.3) is 11.5 Å². The van der Waals surface area contributed by atoms with E-state index in [1.165, 1.54) is 16.2 Å². The Morgan fingerprint density at radius 1 is 1.20 bits per heavy atom. The van der Waals surface area contributed by atoms with Gasteiger partial charge in [-0.15, -0.1) is 11.3 Å². The van der Waals surface area contributed by atoms with E-state index in [4.69, 9.17) is 4.52 Å². The molecule has 2 heterocycles. The van der Waals surface area contributed by atoms with Crippen LogP contribution in [0.3, 0.4) is 0 Å². The molecule has 8 nitrogen and oxygen atoms in total. The number of carbonyl (C=O) groups is 3. The van der Waals surface area contributed by atoms with Gasteiger partial charge in [-0.3, -0.25) is 9.59 Å². The fraction of sp³-hybridized carbons (Fsp3) is 0.476. The molecule has 0 aliphatic heterocycles. The van der Waals surface area contributed by atoms with Crippen molar-refractivity contribution in [1.82, 2.24) is 15.0 Å². The molecule has 1 fully saturated rings. The van der Waals surface area contributed by atoms with Gasteiger partial charge in [-0.1, -0.05) is 5.16 Å². The van der Waals surface area contributed by atoms with Crippen molar-refractivity contribution in [2.75, 3.05) is 14.1 Å². The molecule has 0 radical (unpaired) electrons. The number of aliphatic carboxylic acids is 1. The zero-order valence-corrected chi connectivity index (χ0v) is 18.0. The Labute approximate surface area is 177 Å². The number of thiophene rings is 1. The number of aromatic nitrogens is 2. The van der Waals surface area contributed by atoms with Crippen molar-refractivity contribution in [1.29, 1.82) is 0 Å². The highest BCUT2D eigenvalue weighted by molar-refractivity contribution is 7.14. The third-order valence-corrected chi connectivity index (χ3v) is 6.83. The highest BCUT2D eigenvalue weighted by atomic mass is 32.1. The molecule has 1 amide bonds. The molecule has 0 atom stereocenters. The van der Waals surface area contributed by atoms with Gasteiger partial charge in [0.15, 0.2) is 11.6 Å². The van der Waals surface area contributed by atoms with Crippen molar-refractivity contribution in [3.63, 3.8) is 0 Å². The predicted molar refractivity (Wildman–Crippen MR) is 110 cm³/mol. The van der Waals surface area contributed by atoms with Crippen molar-refractivity contribution >= 4 is 29.0 Å². The molecule has 1 saturated carbocycles. The molecule has 4 rings (SSSR count). The van der Waals surface area contributed by atoms with E-state index >= 15 is 0 Å². The van der Waals surface area contributed by atoms with Crippen molar-refractivity contribution < 1.29 is 24.0 Å². The van der Waals surface area contributed by atoms with Crippen LogP contribution in [0, 0.1) is 6.92 Å². The van der Waals surface area contributed by atoms with Gasteiger partial charge in [0.1, 0.15) is 0 Å². The Kier molecular flexibility index (Phi) is 5.31. The van der Waals surface area contributed by atoms with Crippen molar-refractivity contribution in [2.45, 2.75) is 51.4 Å². The summed E-state index contributed by atoms with van der Waals surface area (Å²) < 4.78 is 5.50. The van der Waals surface area contributed by atoms with E-state index in [9.17, 15) is 19.5 Å². The number of Topliss-reactive ketones (excluding diaryl/α,β-unsaturated/α-hetero) is 1. The second-order valence-electron chi connectivity index (χ2n) is 8.00. The molecule has 2 aromatic heterocycles. The first kappa shape index (κ1) is 20.5. The number of rotatable bonds is 7. The van der Waals surface area contributed by atoms with Crippen LogP contribution in [-0.4, -0.2) is 51.9 Å². The van der Waals surface area contributed by atoms with Crippen LogP contribution in [0.15, 0.2) is 15.7 Å². The quantitative estimate of drug-likeness (QED) is 0.718. The first-order valence-electron chi connectivity index (χ1n) is 9.94. The molecular weight excluding hydrogens is 406 g/mol. The molecule has 0 aromatic carbocycles. The van der Waals surface area contributed by atoms with Gasteiger partial charge in [-0.25, -0.2) is 4.79 Å². The van der Waals surface area contributed by atoms with Gasteiger partial charge >= 0.3 is 5.97 Å². The van der Waals surface area contributed by atoms with Gasteiger partial charge in [0.25, 0.3) is 11.8 Å². The molecule has 0 bridgehead atoms. The molecule has 9 heteroatoms. The summed E-state index contributed by atoms with van der Waals surface area (Å²) >= 11 is 1.24. The number of nitrogens with zero attached hydrogens (tertiary/aromatic N) is 3. The monoisotopic (exact) mass is 429 g/mol. The van der Waals surface area contributed by atoms with Gasteiger partial charge in [0.2, 0.25) is 0 Å². The molecule has 2 aliphatic carbocycles. The number of carboxylic acids is 1. The molecule has 158 valence electrons. The SMILES string of the molecule is Cc1c(C(=O)N(C)C)sc(CC(=O)C2=C(C(=O)O)CCC2)c1-c1nc(C2CC2)no1. The van der Waals surface area contributed by atoms with E-state index < -0.39 is 5.97 Å². The van der Waals surface area contributed by atoms with E-state index in [0.717, 1.165) is 12.8 Å². The third-order valence-electron chi connectivity index (χ3n) is 5.55. The summed E-state index contributed by atoms with van der Waals surface area (Å²) in [6, 6.07) is 0. The lowest BCUT2D eigenvalue weighted by Crippen LogP contribution is -2.21. The maximum absolute atomic E-state index is 13.0. The Balaban J connectivity index is 1.74. The summed E-state index contributed by atoms with van der Waals surface area (Å²) in [7, 11) is 3.35. The minimum Gasteiger partial charge on any atom is -0.478 e. The van der Waals surface area contributed by atoms with Gasteiger partial charge < -0.3 is 14.5 Å². The minimum atomic E-state index is -1.03. The van der Waals surface area contributed by atoms with Crippen molar-refractivity contribution in [3.05, 3.63) is 32.3 Å². The first-order chi connectivity index (χ1) is 14.3. The molecule has 0 saturated heterocycles. The van der Waals surface area contributed by atoms with E-state index in [1.54, 1.807) is 14.1 Å². The van der Waals surface area contributed by atoms with E-state index in [1.807, 2.05) is 6.92 Å². The molecule has 2 aliphatic rings. The Morgan fingerprint density at radius 3 is 2.53 bits per heavy atom. The molecule has 0 spiro atoms. The summed E-state index contributed by atoms with van der Waals surface area (Å²) in [5, 5.41) is 13.5. The summed E-state index contributed by atoms with van der Waals surface area (Å²) in [5.41, 5.74) is 1.90. The summed E-state index contributed by atoms with van der Waals surface area (Å²) in [4.78, 5) is 44.3. The zero-order valence-electron chi connectivity index (χ0n) is 17.2. The van der Waals surface area contributed by atoms with E-state index in [-0.39, 0.29) is 23.7 Å². The summed E-state index contributed by atoms with van der Waals surface area (Å²) in [5.74, 6) is -0.141. The highest BCUT2D eigenvalue weighted by Gasteiger charge is 2.32. The minimum absolute atomic E-state index is 0.00873. The van der Waals surface area contributed by atoms with E-state index in [0.29, 0.717) is 63.3 Å². The average molecular weight is 429 g/mol. The fourth-order valence-electron chi connectivity index (χ4n) is 3.77. The zero-order chi connectivity index (χ0) is 21.6. The first-order valence-corrected chi connectivity index (χ1v) is 10.8. The maximum atomic E-state index is 13.0. The second kappa shape index (κ2) is 7.79. The van der Waals surface area contributed by atoms with Gasteiger partial charge in [-0.05, 0) is 44.6 Å². The number of hydrogen-bond acceptors (Lipinski definition) is 7. The van der Waals surface area contributed by atoms with E-state index in [2.05, 4.69) is 10.1 Å². The number of allylic oxidation sites excluding steroid dienone is 1. The number of hydrogen-bond donors (Lipinski definition) is 1. The Morgan fingerprint density at radius 2 is 1.90 bits per heavy atom.